The monoisotopic (exact) mass is 295 g/mol. The second-order valence-corrected chi connectivity index (χ2v) is 5.37. The smallest absolute Gasteiger partial charge is 0.406 e. The van der Waals surface area contributed by atoms with Gasteiger partial charge >= 0.3 is 12.1 Å². The number of alkyl halides is 3. The maximum absolute atomic E-state index is 13.0. The number of aliphatic carboxylic acids is 1. The van der Waals surface area contributed by atoms with E-state index in [1.807, 2.05) is 0 Å². The number of halogens is 3. The first-order valence-corrected chi connectivity index (χ1v) is 6.39. The van der Waals surface area contributed by atoms with Gasteiger partial charge in [-0.15, -0.1) is 0 Å². The topological polar surface area (TPSA) is 66.8 Å². The lowest BCUT2D eigenvalue weighted by Crippen LogP contribution is -2.48. The van der Waals surface area contributed by atoms with Crippen molar-refractivity contribution in [3.63, 3.8) is 0 Å². The van der Waals surface area contributed by atoms with Gasteiger partial charge in [0.15, 0.2) is 5.41 Å². The molecule has 2 aliphatic heterocycles. The van der Waals surface area contributed by atoms with Crippen LogP contribution in [0.25, 0.3) is 0 Å². The summed E-state index contributed by atoms with van der Waals surface area (Å²) in [4.78, 5) is 24.2. The molecule has 2 fully saturated rings. The Hall–Kier alpha value is -1.31. The zero-order chi connectivity index (χ0) is 15.1. The molecule has 1 amide bonds. The third-order valence-electron chi connectivity index (χ3n) is 4.23. The molecule has 20 heavy (non-hydrogen) atoms. The molecule has 3 unspecified atom stereocenters. The van der Waals surface area contributed by atoms with E-state index in [1.165, 1.54) is 0 Å². The van der Waals surface area contributed by atoms with Crippen LogP contribution in [-0.4, -0.2) is 53.9 Å². The highest BCUT2D eigenvalue weighted by atomic mass is 19.4. The molecular weight excluding hydrogens is 279 g/mol. The minimum Gasteiger partial charge on any atom is -0.481 e. The summed E-state index contributed by atoms with van der Waals surface area (Å²) in [6, 6.07) is 0. The maximum atomic E-state index is 13.0. The van der Waals surface area contributed by atoms with Crippen molar-refractivity contribution in [1.82, 2.24) is 4.90 Å². The van der Waals surface area contributed by atoms with Gasteiger partial charge < -0.3 is 14.7 Å². The number of hydrogen-bond acceptors (Lipinski definition) is 3. The number of rotatable bonds is 2. The van der Waals surface area contributed by atoms with Crippen LogP contribution in [0.3, 0.4) is 0 Å². The van der Waals surface area contributed by atoms with Crippen LogP contribution in [0.15, 0.2) is 0 Å². The summed E-state index contributed by atoms with van der Waals surface area (Å²) < 4.78 is 44.3. The van der Waals surface area contributed by atoms with E-state index >= 15 is 0 Å². The Kier molecular flexibility index (Phi) is 3.70. The summed E-state index contributed by atoms with van der Waals surface area (Å²) in [5, 5.41) is 8.93. The third-order valence-corrected chi connectivity index (χ3v) is 4.23. The molecule has 0 aromatic carbocycles. The number of carboxylic acids is 1. The van der Waals surface area contributed by atoms with Gasteiger partial charge in [-0.05, 0) is 19.8 Å². The second-order valence-electron chi connectivity index (χ2n) is 5.37. The second kappa shape index (κ2) is 4.91. The molecule has 0 spiro atoms. The normalized spacial score (nSPS) is 34.5. The van der Waals surface area contributed by atoms with Crippen molar-refractivity contribution in [2.75, 3.05) is 19.7 Å². The molecule has 3 atom stereocenters. The van der Waals surface area contributed by atoms with Crippen LogP contribution in [0.4, 0.5) is 13.2 Å². The van der Waals surface area contributed by atoms with E-state index in [-0.39, 0.29) is 12.6 Å². The van der Waals surface area contributed by atoms with Crippen molar-refractivity contribution in [2.24, 2.45) is 11.3 Å². The van der Waals surface area contributed by atoms with Crippen LogP contribution in [-0.2, 0) is 14.3 Å². The first kappa shape index (κ1) is 15.1. The molecule has 0 saturated carbocycles. The fourth-order valence-electron chi connectivity index (χ4n) is 2.82. The maximum Gasteiger partial charge on any atom is 0.406 e. The van der Waals surface area contributed by atoms with Gasteiger partial charge in [-0.2, -0.15) is 13.2 Å². The lowest BCUT2D eigenvalue weighted by atomic mass is 9.86. The molecule has 5 nitrogen and oxygen atoms in total. The molecule has 1 N–H and O–H groups in total. The van der Waals surface area contributed by atoms with Crippen LogP contribution < -0.4 is 0 Å². The molecule has 0 aromatic heterocycles. The predicted molar refractivity (Wildman–Crippen MR) is 60.8 cm³/mol. The molecule has 0 bridgehead atoms. The van der Waals surface area contributed by atoms with Crippen LogP contribution in [0.1, 0.15) is 19.8 Å². The molecule has 0 radical (unpaired) electrons. The number of carbonyl (C=O) groups excluding carboxylic acids is 1. The van der Waals surface area contributed by atoms with Crippen molar-refractivity contribution in [3.8, 4) is 0 Å². The van der Waals surface area contributed by atoms with E-state index < -0.39 is 42.4 Å². The summed E-state index contributed by atoms with van der Waals surface area (Å²) in [5.41, 5.74) is -2.84. The van der Waals surface area contributed by atoms with E-state index in [2.05, 4.69) is 0 Å². The zero-order valence-electron chi connectivity index (χ0n) is 10.9. The van der Waals surface area contributed by atoms with Gasteiger partial charge in [0.2, 0.25) is 5.91 Å². The minimum absolute atomic E-state index is 0.187. The summed E-state index contributed by atoms with van der Waals surface area (Å²) in [6.07, 6.45) is -5.35. The quantitative estimate of drug-likeness (QED) is 0.833. The average Bonchev–Trinajstić information content (AvgIpc) is 2.93. The van der Waals surface area contributed by atoms with Crippen molar-refractivity contribution in [2.45, 2.75) is 32.0 Å². The van der Waals surface area contributed by atoms with E-state index in [4.69, 9.17) is 9.84 Å². The van der Waals surface area contributed by atoms with E-state index in [9.17, 15) is 22.8 Å². The van der Waals surface area contributed by atoms with E-state index in [0.717, 1.165) is 4.90 Å². The summed E-state index contributed by atoms with van der Waals surface area (Å²) >= 11 is 0. The Morgan fingerprint density at radius 3 is 2.45 bits per heavy atom. The molecule has 0 aliphatic carbocycles. The summed E-state index contributed by atoms with van der Waals surface area (Å²) in [5.74, 6) is -2.84. The molecule has 0 aromatic rings. The highest BCUT2D eigenvalue weighted by Gasteiger charge is 2.64. The highest BCUT2D eigenvalue weighted by molar-refractivity contribution is 5.83. The number of amides is 1. The summed E-state index contributed by atoms with van der Waals surface area (Å²) in [6.45, 7) is 1.09. The number of carbonyl (C=O) groups is 2. The molecule has 8 heteroatoms. The standard InChI is InChI=1S/C12H16F3NO4/c1-7-8(2-5-20-7)9(17)16-4-3-11(6-16,10(18)19)12(13,14)15/h7-8H,2-6H2,1H3,(H,18,19). The molecule has 2 aliphatic rings. The number of ether oxygens (including phenoxy) is 1. The van der Waals surface area contributed by atoms with Crippen molar-refractivity contribution in [1.29, 1.82) is 0 Å². The average molecular weight is 295 g/mol. The van der Waals surface area contributed by atoms with Crippen molar-refractivity contribution >= 4 is 11.9 Å². The van der Waals surface area contributed by atoms with E-state index in [0.29, 0.717) is 13.0 Å². The summed E-state index contributed by atoms with van der Waals surface area (Å²) in [7, 11) is 0. The van der Waals surface area contributed by atoms with Gasteiger partial charge in [0.25, 0.3) is 0 Å². The Balaban J connectivity index is 2.15. The van der Waals surface area contributed by atoms with Gasteiger partial charge in [-0.1, -0.05) is 0 Å². The van der Waals surface area contributed by atoms with Crippen LogP contribution in [0.5, 0.6) is 0 Å². The van der Waals surface area contributed by atoms with Crippen LogP contribution in [0, 0.1) is 11.3 Å². The highest BCUT2D eigenvalue weighted by Crippen LogP contribution is 2.46. The Morgan fingerprint density at radius 2 is 2.05 bits per heavy atom. The van der Waals surface area contributed by atoms with Gasteiger partial charge in [0, 0.05) is 19.7 Å². The fourth-order valence-corrected chi connectivity index (χ4v) is 2.82. The fraction of sp³-hybridized carbons (Fsp3) is 0.833. The first-order valence-electron chi connectivity index (χ1n) is 6.39. The molecule has 2 saturated heterocycles. The Morgan fingerprint density at radius 1 is 1.40 bits per heavy atom. The van der Waals surface area contributed by atoms with Crippen molar-refractivity contribution in [3.05, 3.63) is 0 Å². The minimum atomic E-state index is -4.87. The predicted octanol–water partition coefficient (Wildman–Crippen LogP) is 1.28. The number of hydrogen-bond donors (Lipinski definition) is 1. The van der Waals surface area contributed by atoms with Crippen LogP contribution in [0.2, 0.25) is 0 Å². The molecular formula is C12H16F3NO4. The van der Waals surface area contributed by atoms with Gasteiger partial charge in [0.1, 0.15) is 0 Å². The van der Waals surface area contributed by atoms with Crippen molar-refractivity contribution < 1.29 is 32.6 Å². The SMILES string of the molecule is CC1OCCC1C(=O)N1CCC(C(=O)O)(C(F)(F)F)C1. The Labute approximate surface area is 113 Å². The van der Waals surface area contributed by atoms with E-state index in [1.54, 1.807) is 6.92 Å². The van der Waals surface area contributed by atoms with Crippen LogP contribution >= 0.6 is 0 Å². The lowest BCUT2D eigenvalue weighted by molar-refractivity contribution is -0.227. The molecule has 114 valence electrons. The third kappa shape index (κ3) is 2.25. The number of nitrogens with zero attached hydrogens (tertiary/aromatic N) is 1. The number of carboxylic acid groups (broad SMARTS) is 1. The molecule has 2 heterocycles. The molecule has 2 rings (SSSR count). The van der Waals surface area contributed by atoms with Gasteiger partial charge in [0.05, 0.1) is 12.0 Å². The van der Waals surface area contributed by atoms with Gasteiger partial charge in [-0.3, -0.25) is 9.59 Å². The lowest BCUT2D eigenvalue weighted by Gasteiger charge is -2.28. The first-order chi connectivity index (χ1) is 9.19. The van der Waals surface area contributed by atoms with Gasteiger partial charge in [-0.25, -0.2) is 0 Å². The Bertz CT molecular complexity index is 425. The zero-order valence-corrected chi connectivity index (χ0v) is 10.9. The largest absolute Gasteiger partial charge is 0.481 e. The number of likely N-dealkylation sites (tertiary alicyclic amines) is 1.